The summed E-state index contributed by atoms with van der Waals surface area (Å²) in [4.78, 5) is 78.9. The standard InChI is InChI=1S/C39H59N7O6/c1-36(2,3)30(45-34(51)28(24-13-7-6-8-14-24)44-32(49)26-21-41-17-18-42-26)35(52)46-22-39(37(4,5)38(39)15-10-16-38)20-27(46)33(50)43-25(29(47)31(40)48)19-23-11-9-12-23/h17-18,21,23-25,27-30,47H,6-16,19-20,22H2,1-5H3,(H2,40,48)(H,43,50)(H,44,49)(H,45,51)/t25?,27-,28-,29?,30+,39?/m0/s1. The number of aliphatic hydroxyl groups excluding tert-OH is 1. The summed E-state index contributed by atoms with van der Waals surface area (Å²) < 4.78 is 0. The summed E-state index contributed by atoms with van der Waals surface area (Å²) >= 11 is 0. The van der Waals surface area contributed by atoms with Crippen LogP contribution in [-0.2, 0) is 19.2 Å². The van der Waals surface area contributed by atoms with E-state index in [0.29, 0.717) is 19.4 Å². The van der Waals surface area contributed by atoms with E-state index in [0.717, 1.165) is 70.6 Å². The van der Waals surface area contributed by atoms with Crippen LogP contribution in [-0.4, -0.2) is 86.3 Å². The number of fused-ring (bicyclic) bond motifs is 1. The number of carbonyl (C=O) groups excluding carboxylic acids is 5. The Balaban J connectivity index is 1.27. The molecular weight excluding hydrogens is 662 g/mol. The van der Waals surface area contributed by atoms with E-state index in [1.54, 1.807) is 4.90 Å². The van der Waals surface area contributed by atoms with Crippen molar-refractivity contribution in [2.75, 3.05) is 6.54 Å². The zero-order valence-electron chi connectivity index (χ0n) is 31.6. The molecule has 0 bridgehead atoms. The third kappa shape index (κ3) is 6.71. The van der Waals surface area contributed by atoms with Gasteiger partial charge in [0.2, 0.25) is 23.6 Å². The van der Waals surface area contributed by atoms with Gasteiger partial charge in [-0.25, -0.2) is 4.98 Å². The van der Waals surface area contributed by atoms with Gasteiger partial charge in [-0.2, -0.15) is 0 Å². The van der Waals surface area contributed by atoms with E-state index < -0.39 is 59.3 Å². The molecule has 1 aliphatic heterocycles. The third-order valence-corrected chi connectivity index (χ3v) is 14.1. The average Bonchev–Trinajstić information content (AvgIpc) is 3.28. The normalized spacial score (nSPS) is 27.4. The number of amides is 5. The molecule has 6 rings (SSSR count). The Labute approximate surface area is 307 Å². The molecule has 2 heterocycles. The van der Waals surface area contributed by atoms with Crippen molar-refractivity contribution in [2.24, 2.45) is 39.2 Å². The van der Waals surface area contributed by atoms with E-state index in [1.165, 1.54) is 18.6 Å². The molecule has 5 amide bonds. The first kappa shape index (κ1) is 38.1. The van der Waals surface area contributed by atoms with Crippen molar-refractivity contribution < 1.29 is 29.1 Å². The largest absolute Gasteiger partial charge is 0.381 e. The Morgan fingerprint density at radius 3 is 2.15 bits per heavy atom. The Bertz CT molecular complexity index is 1530. The maximum Gasteiger partial charge on any atom is 0.272 e. The summed E-state index contributed by atoms with van der Waals surface area (Å²) in [5, 5.41) is 19.7. The van der Waals surface area contributed by atoms with E-state index in [9.17, 15) is 29.1 Å². The first-order valence-corrected chi connectivity index (χ1v) is 19.5. The van der Waals surface area contributed by atoms with Gasteiger partial charge in [-0.1, -0.05) is 79.6 Å². The lowest BCUT2D eigenvalue weighted by molar-refractivity contribution is -0.145. The molecule has 0 radical (unpaired) electrons. The SMILES string of the molecule is CC(C)(C)[C@H](NC(=O)[C@@H](NC(=O)c1cnccn1)C1CCCCC1)C(=O)N1CC2(C[C@H]1C(=O)NC(CC1CCC1)C(O)C(N)=O)C(C)(C)C21CCC1. The highest BCUT2D eigenvalue weighted by Crippen LogP contribution is 2.88. The quantitative estimate of drug-likeness (QED) is 0.217. The van der Waals surface area contributed by atoms with Crippen molar-refractivity contribution in [3.63, 3.8) is 0 Å². The highest BCUT2D eigenvalue weighted by atomic mass is 16.3. The summed E-state index contributed by atoms with van der Waals surface area (Å²) in [5.74, 6) is -2.46. The van der Waals surface area contributed by atoms with Gasteiger partial charge in [-0.15, -0.1) is 0 Å². The number of hydrogen-bond donors (Lipinski definition) is 5. The predicted octanol–water partition coefficient (Wildman–Crippen LogP) is 3.00. The van der Waals surface area contributed by atoms with Gasteiger partial charge in [0.1, 0.15) is 23.8 Å². The predicted molar refractivity (Wildman–Crippen MR) is 193 cm³/mol. The Morgan fingerprint density at radius 1 is 0.942 bits per heavy atom. The molecule has 13 nitrogen and oxygen atoms in total. The minimum absolute atomic E-state index is 0.0306. The summed E-state index contributed by atoms with van der Waals surface area (Å²) in [6, 6.07) is -3.62. The fraction of sp³-hybridized carbons (Fsp3) is 0.769. The molecule has 1 saturated heterocycles. The number of likely N-dealkylation sites (tertiary alicyclic amines) is 1. The van der Waals surface area contributed by atoms with E-state index in [4.69, 9.17) is 5.73 Å². The molecule has 5 fully saturated rings. The maximum atomic E-state index is 15.0. The number of carbonyl (C=O) groups is 5. The summed E-state index contributed by atoms with van der Waals surface area (Å²) in [5.41, 5.74) is 4.53. The van der Waals surface area contributed by atoms with Crippen LogP contribution in [0.1, 0.15) is 129 Å². The van der Waals surface area contributed by atoms with Gasteiger partial charge in [0, 0.05) is 24.4 Å². The second kappa shape index (κ2) is 14.3. The van der Waals surface area contributed by atoms with Crippen molar-refractivity contribution in [2.45, 2.75) is 148 Å². The van der Waals surface area contributed by atoms with E-state index >= 15 is 0 Å². The number of aliphatic hydroxyl groups is 1. The molecule has 6 atom stereocenters. The van der Waals surface area contributed by atoms with Gasteiger partial charge >= 0.3 is 0 Å². The molecule has 1 aromatic rings. The van der Waals surface area contributed by atoms with E-state index in [1.807, 2.05) is 20.8 Å². The number of hydrogen-bond acceptors (Lipinski definition) is 8. The lowest BCUT2D eigenvalue weighted by atomic mass is 9.73. The number of nitrogens with two attached hydrogens (primary N) is 1. The van der Waals surface area contributed by atoms with Gasteiger partial charge in [-0.05, 0) is 66.6 Å². The summed E-state index contributed by atoms with van der Waals surface area (Å²) in [6.45, 7) is 10.5. The van der Waals surface area contributed by atoms with Crippen LogP contribution in [0.25, 0.3) is 0 Å². The lowest BCUT2D eigenvalue weighted by Crippen LogP contribution is -2.62. The van der Waals surface area contributed by atoms with Gasteiger partial charge in [0.25, 0.3) is 5.91 Å². The number of primary amides is 1. The Kier molecular flexibility index (Phi) is 10.5. The topological polar surface area (TPSA) is 197 Å². The van der Waals surface area contributed by atoms with E-state index in [-0.39, 0.29) is 39.7 Å². The highest BCUT2D eigenvalue weighted by molar-refractivity contribution is 5.98. The molecule has 13 heteroatoms. The fourth-order valence-electron chi connectivity index (χ4n) is 10.4. The van der Waals surface area contributed by atoms with Crippen LogP contribution >= 0.6 is 0 Å². The highest BCUT2D eigenvalue weighted by Gasteiger charge is 2.85. The molecule has 3 unspecified atom stereocenters. The lowest BCUT2D eigenvalue weighted by Gasteiger charge is -2.38. The van der Waals surface area contributed by atoms with E-state index in [2.05, 4.69) is 39.8 Å². The second-order valence-electron chi connectivity index (χ2n) is 18.1. The smallest absolute Gasteiger partial charge is 0.272 e. The van der Waals surface area contributed by atoms with Crippen LogP contribution < -0.4 is 21.7 Å². The van der Waals surface area contributed by atoms with Crippen molar-refractivity contribution in [3.8, 4) is 0 Å². The zero-order valence-corrected chi connectivity index (χ0v) is 31.6. The van der Waals surface area contributed by atoms with Gasteiger partial charge in [0.15, 0.2) is 6.10 Å². The second-order valence-corrected chi connectivity index (χ2v) is 18.1. The molecule has 52 heavy (non-hydrogen) atoms. The van der Waals surface area contributed by atoms with Crippen LogP contribution in [0.3, 0.4) is 0 Å². The van der Waals surface area contributed by atoms with Crippen molar-refractivity contribution >= 4 is 29.5 Å². The first-order valence-electron chi connectivity index (χ1n) is 19.5. The molecule has 286 valence electrons. The zero-order chi connectivity index (χ0) is 37.6. The van der Waals surface area contributed by atoms with Crippen molar-refractivity contribution in [1.29, 1.82) is 0 Å². The summed E-state index contributed by atoms with van der Waals surface area (Å²) in [7, 11) is 0. The number of aromatic nitrogens is 2. The monoisotopic (exact) mass is 721 g/mol. The van der Waals surface area contributed by atoms with Gasteiger partial charge in [-0.3, -0.25) is 29.0 Å². The first-order chi connectivity index (χ1) is 24.5. The Hall–Kier alpha value is -3.61. The molecule has 1 aromatic heterocycles. The number of nitrogens with zero attached hydrogens (tertiary/aromatic N) is 3. The molecule has 0 aromatic carbocycles. The summed E-state index contributed by atoms with van der Waals surface area (Å²) in [6.07, 6.45) is 14.2. The molecule has 2 spiro atoms. The van der Waals surface area contributed by atoms with Crippen LogP contribution in [0.15, 0.2) is 18.6 Å². The third-order valence-electron chi connectivity index (χ3n) is 14.1. The Morgan fingerprint density at radius 2 is 1.63 bits per heavy atom. The minimum Gasteiger partial charge on any atom is -0.381 e. The molecule has 4 saturated carbocycles. The number of rotatable bonds is 12. The maximum absolute atomic E-state index is 15.0. The fourth-order valence-corrected chi connectivity index (χ4v) is 10.4. The van der Waals surface area contributed by atoms with Crippen LogP contribution in [0.2, 0.25) is 0 Å². The van der Waals surface area contributed by atoms with Crippen LogP contribution in [0.4, 0.5) is 0 Å². The number of nitrogens with one attached hydrogen (secondary N) is 3. The van der Waals surface area contributed by atoms with Crippen molar-refractivity contribution in [1.82, 2.24) is 30.8 Å². The molecule has 6 N–H and O–H groups in total. The van der Waals surface area contributed by atoms with Crippen LogP contribution in [0.5, 0.6) is 0 Å². The molecular formula is C39H59N7O6. The average molecular weight is 722 g/mol. The molecule has 5 aliphatic rings. The van der Waals surface area contributed by atoms with Gasteiger partial charge < -0.3 is 31.7 Å². The van der Waals surface area contributed by atoms with Crippen LogP contribution in [0, 0.1) is 33.5 Å². The van der Waals surface area contributed by atoms with Crippen molar-refractivity contribution in [3.05, 3.63) is 24.3 Å². The van der Waals surface area contributed by atoms with Gasteiger partial charge in [0.05, 0.1) is 12.2 Å². The molecule has 4 aliphatic carbocycles. The minimum atomic E-state index is -1.55.